The number of carbonyl (C=O) groups excluding carboxylic acids is 5. The number of piperazine rings is 1. The highest BCUT2D eigenvalue weighted by molar-refractivity contribution is 6.33. The number of halogens is 1. The Balaban J connectivity index is 0.741. The average molecular weight is 790 g/mol. The van der Waals surface area contributed by atoms with Crippen molar-refractivity contribution in [2.75, 3.05) is 73.6 Å². The molecule has 9 rings (SSSR count). The zero-order valence-corrected chi connectivity index (χ0v) is 32.6. The Kier molecular flexibility index (Phi) is 9.40. The van der Waals surface area contributed by atoms with Gasteiger partial charge >= 0.3 is 0 Å². The van der Waals surface area contributed by atoms with Gasteiger partial charge in [0.05, 0.1) is 17.7 Å². The van der Waals surface area contributed by atoms with Gasteiger partial charge in [0, 0.05) is 106 Å². The minimum absolute atomic E-state index is 0.0477. The van der Waals surface area contributed by atoms with Crippen LogP contribution in [0.4, 0.5) is 22.9 Å². The lowest BCUT2D eigenvalue weighted by Crippen LogP contribution is -2.63. The van der Waals surface area contributed by atoms with Crippen molar-refractivity contribution in [2.45, 2.75) is 57.2 Å². The van der Waals surface area contributed by atoms with Gasteiger partial charge in [0.15, 0.2) is 0 Å². The zero-order valence-electron chi connectivity index (χ0n) is 31.8. The number of carbonyl (C=O) groups is 5. The van der Waals surface area contributed by atoms with Crippen LogP contribution in [0.25, 0.3) is 4.85 Å². The van der Waals surface area contributed by atoms with Crippen LogP contribution in [0.1, 0.15) is 70.1 Å². The van der Waals surface area contributed by atoms with Crippen molar-refractivity contribution >= 4 is 64.0 Å². The number of piperidine rings is 2. The maximum Gasteiger partial charge on any atom is 0.263 e. The molecule has 5 saturated heterocycles. The molecule has 1 N–H and O–H groups in total. The minimum atomic E-state index is -1.01. The average Bonchev–Trinajstić information content (AvgIpc) is 3.65. The summed E-state index contributed by atoms with van der Waals surface area (Å²) in [5, 5.41) is 2.73. The number of amides is 5. The molecule has 0 radical (unpaired) electrons. The summed E-state index contributed by atoms with van der Waals surface area (Å²) in [6.07, 6.45) is 4.91. The first-order valence-corrected chi connectivity index (χ1v) is 20.2. The van der Waals surface area contributed by atoms with Crippen molar-refractivity contribution in [2.24, 2.45) is 5.41 Å². The Hall–Kier alpha value is -5.52. The van der Waals surface area contributed by atoms with Crippen LogP contribution in [0.5, 0.6) is 0 Å². The molecule has 5 fully saturated rings. The van der Waals surface area contributed by atoms with Gasteiger partial charge in [-0.3, -0.25) is 39.1 Å². The summed E-state index contributed by atoms with van der Waals surface area (Å²) in [6, 6.07) is 15.1. The van der Waals surface area contributed by atoms with Crippen LogP contribution in [0.15, 0.2) is 54.7 Å². The number of hydrogen-bond donors (Lipinski definition) is 1. The fourth-order valence-electron chi connectivity index (χ4n) is 9.72. The van der Waals surface area contributed by atoms with E-state index in [2.05, 4.69) is 53.8 Å². The molecule has 14 nitrogen and oxygen atoms in total. The molecule has 6 aliphatic rings. The van der Waals surface area contributed by atoms with E-state index >= 15 is 0 Å². The van der Waals surface area contributed by atoms with Gasteiger partial charge in [-0.15, -0.1) is 0 Å². The topological polar surface area (TPSA) is 134 Å². The maximum atomic E-state index is 13.5. The van der Waals surface area contributed by atoms with Crippen LogP contribution in [0, 0.1) is 12.0 Å². The number of aromatic nitrogens is 1. The maximum absolute atomic E-state index is 13.5. The van der Waals surface area contributed by atoms with Gasteiger partial charge in [-0.2, -0.15) is 0 Å². The monoisotopic (exact) mass is 789 g/mol. The Bertz CT molecular complexity index is 2200. The van der Waals surface area contributed by atoms with Crippen molar-refractivity contribution in [3.63, 3.8) is 0 Å². The number of nitrogens with zero attached hydrogens (tertiary/aromatic N) is 8. The summed E-state index contributed by atoms with van der Waals surface area (Å²) >= 11 is 6.38. The number of anilines is 3. The molecule has 1 aromatic heterocycles. The highest BCUT2D eigenvalue weighted by Crippen LogP contribution is 2.46. The predicted molar refractivity (Wildman–Crippen MR) is 214 cm³/mol. The largest absolute Gasteiger partial charge is 0.371 e. The smallest absolute Gasteiger partial charge is 0.263 e. The third-order valence-corrected chi connectivity index (χ3v) is 13.4. The Morgan fingerprint density at radius 3 is 2.28 bits per heavy atom. The van der Waals surface area contributed by atoms with E-state index in [1.807, 2.05) is 35.2 Å². The van der Waals surface area contributed by atoms with E-state index in [9.17, 15) is 24.0 Å². The Labute approximate surface area is 336 Å². The van der Waals surface area contributed by atoms with Gasteiger partial charge in [-0.25, -0.2) is 9.83 Å². The number of hydrogen-bond acceptors (Lipinski definition) is 10. The van der Waals surface area contributed by atoms with E-state index in [0.29, 0.717) is 54.3 Å². The van der Waals surface area contributed by atoms with Crippen molar-refractivity contribution in [3.8, 4) is 0 Å². The number of nitrogens with one attached hydrogen (secondary N) is 1. The van der Waals surface area contributed by atoms with Crippen molar-refractivity contribution in [3.05, 3.63) is 87.9 Å². The Morgan fingerprint density at radius 2 is 1.60 bits per heavy atom. The summed E-state index contributed by atoms with van der Waals surface area (Å²) in [5.74, 6) is -1.50. The molecule has 5 amide bonds. The molecule has 7 heterocycles. The third kappa shape index (κ3) is 6.66. The molecular weight excluding hydrogens is 746 g/mol. The van der Waals surface area contributed by atoms with Gasteiger partial charge < -0.3 is 19.6 Å². The molecule has 6 aliphatic heterocycles. The molecule has 0 aliphatic carbocycles. The zero-order chi connectivity index (χ0) is 39.6. The lowest BCUT2D eigenvalue weighted by atomic mass is 9.76. The Morgan fingerprint density at radius 1 is 0.895 bits per heavy atom. The quantitative estimate of drug-likeness (QED) is 0.286. The van der Waals surface area contributed by atoms with Gasteiger partial charge in [-0.05, 0) is 80.5 Å². The summed E-state index contributed by atoms with van der Waals surface area (Å²) < 4.78 is 0. The fraction of sp³-hybridized carbons (Fsp3) is 0.452. The summed E-state index contributed by atoms with van der Waals surface area (Å²) in [5.41, 5.74) is 4.06. The van der Waals surface area contributed by atoms with Crippen LogP contribution in [-0.2, 0) is 9.59 Å². The molecule has 2 aromatic carbocycles. The number of benzene rings is 2. The second kappa shape index (κ2) is 14.5. The molecule has 57 heavy (non-hydrogen) atoms. The molecule has 15 heteroatoms. The predicted octanol–water partition coefficient (Wildman–Crippen LogP) is 4.22. The standard InChI is InChI=1S/C42H44ClN9O5/c1-26-21-42(25-51(26)29-7-8-34(44-2)33(43)19-29)11-13-47(14-12-42)28-5-3-27(4-6-28)39(55)49-17-15-48(16-18-49)30-23-50(24-30)36-20-31-32(22-45-36)41(57)52(40(31)56)35-9-10-37(53)46-38(35)54/h3-8,19-20,22,26,30,35H,9-18,21,23-25H2,1H3,(H,46,53,54)/t26-,35?/m0/s1. The van der Waals surface area contributed by atoms with E-state index in [4.69, 9.17) is 18.2 Å². The fourth-order valence-corrected chi connectivity index (χ4v) is 9.94. The summed E-state index contributed by atoms with van der Waals surface area (Å²) in [4.78, 5) is 84.1. The lowest BCUT2D eigenvalue weighted by Gasteiger charge is -2.48. The van der Waals surface area contributed by atoms with E-state index < -0.39 is 29.7 Å². The van der Waals surface area contributed by atoms with Crippen molar-refractivity contribution in [1.82, 2.24) is 25.0 Å². The van der Waals surface area contributed by atoms with Crippen LogP contribution in [-0.4, -0.2) is 126 Å². The minimum Gasteiger partial charge on any atom is -0.371 e. The van der Waals surface area contributed by atoms with Gasteiger partial charge in [0.1, 0.15) is 11.9 Å². The molecule has 3 aromatic rings. The van der Waals surface area contributed by atoms with Crippen LogP contribution in [0.2, 0.25) is 5.02 Å². The molecule has 0 saturated carbocycles. The van der Waals surface area contributed by atoms with Gasteiger partial charge in [-0.1, -0.05) is 17.7 Å². The van der Waals surface area contributed by atoms with E-state index in [1.165, 1.54) is 6.20 Å². The normalized spacial score (nSPS) is 23.8. The highest BCUT2D eigenvalue weighted by Gasteiger charge is 2.46. The molecule has 2 atom stereocenters. The van der Waals surface area contributed by atoms with E-state index in [-0.39, 0.29) is 41.3 Å². The van der Waals surface area contributed by atoms with Gasteiger partial charge in [0.25, 0.3) is 17.7 Å². The number of imide groups is 2. The molecular formula is C42H44ClN9O5. The summed E-state index contributed by atoms with van der Waals surface area (Å²) in [7, 11) is 0. The number of pyridine rings is 1. The first-order valence-electron chi connectivity index (χ1n) is 19.8. The van der Waals surface area contributed by atoms with Crippen LogP contribution in [0.3, 0.4) is 0 Å². The number of fused-ring (bicyclic) bond motifs is 1. The van der Waals surface area contributed by atoms with Crippen LogP contribution >= 0.6 is 11.6 Å². The van der Waals surface area contributed by atoms with Gasteiger partial charge in [0.2, 0.25) is 17.5 Å². The first kappa shape index (κ1) is 37.1. The molecule has 294 valence electrons. The van der Waals surface area contributed by atoms with E-state index in [1.54, 1.807) is 6.07 Å². The van der Waals surface area contributed by atoms with Crippen molar-refractivity contribution < 1.29 is 24.0 Å². The molecule has 1 unspecified atom stereocenters. The SMILES string of the molecule is [C-]#[N+]c1ccc(N2CC3(CCN(c4ccc(C(=O)N5CCN(C6CN(c7cc8c(cn7)C(=O)N(C7CCC(=O)NC7=O)C8=O)C6)CC5)cc4)CC3)C[C@@H]2C)cc1Cl. The van der Waals surface area contributed by atoms with Crippen molar-refractivity contribution in [1.29, 1.82) is 0 Å². The van der Waals surface area contributed by atoms with Crippen LogP contribution < -0.4 is 20.0 Å². The summed E-state index contributed by atoms with van der Waals surface area (Å²) in [6.45, 7) is 16.7. The first-order chi connectivity index (χ1) is 27.5. The molecule has 1 spiro atoms. The molecule has 0 bridgehead atoms. The van der Waals surface area contributed by atoms with E-state index in [0.717, 1.165) is 68.3 Å². The highest BCUT2D eigenvalue weighted by atomic mass is 35.5. The number of rotatable bonds is 6. The lowest BCUT2D eigenvalue weighted by molar-refractivity contribution is -0.136. The second-order valence-electron chi connectivity index (χ2n) is 16.4. The second-order valence-corrected chi connectivity index (χ2v) is 16.8. The third-order valence-electron chi connectivity index (χ3n) is 13.1.